The van der Waals surface area contributed by atoms with Gasteiger partial charge in [0.15, 0.2) is 5.13 Å². The van der Waals surface area contributed by atoms with Gasteiger partial charge < -0.3 is 21.3 Å². The van der Waals surface area contributed by atoms with E-state index in [2.05, 4.69) is 4.98 Å². The van der Waals surface area contributed by atoms with Gasteiger partial charge in [0.2, 0.25) is 5.91 Å². The van der Waals surface area contributed by atoms with Crippen molar-refractivity contribution in [2.75, 3.05) is 37.8 Å². The molecule has 0 unspecified atom stereocenters. The molecule has 0 saturated carbocycles. The topological polar surface area (TPSA) is 106 Å². The number of amides is 2. The summed E-state index contributed by atoms with van der Waals surface area (Å²) in [4.78, 5) is 31.2. The Hall–Kier alpha value is -1.83. The number of anilines is 2. The molecule has 7 nitrogen and oxygen atoms in total. The molecular formula is C12H21N5O2S. The van der Waals surface area contributed by atoms with Crippen LogP contribution in [0, 0.1) is 0 Å². The number of thiazole rings is 1. The Bertz CT molecular complexity index is 486. The van der Waals surface area contributed by atoms with Crippen molar-refractivity contribution in [1.82, 2.24) is 9.88 Å². The standard InChI is InChI=1S/C12H21N5O2S/c1-4-5-6-17(7-8(13)18)11(19)9-10(14)15-12(20-9)16(2)3/h4-7,14H2,1-3H3,(H2,13,18). The zero-order valence-corrected chi connectivity index (χ0v) is 12.9. The van der Waals surface area contributed by atoms with Crippen molar-refractivity contribution in [3.05, 3.63) is 4.88 Å². The first-order valence-electron chi connectivity index (χ1n) is 6.38. The van der Waals surface area contributed by atoms with E-state index < -0.39 is 5.91 Å². The van der Waals surface area contributed by atoms with E-state index in [4.69, 9.17) is 11.5 Å². The van der Waals surface area contributed by atoms with Gasteiger partial charge in [-0.3, -0.25) is 9.59 Å². The Labute approximate surface area is 122 Å². The smallest absolute Gasteiger partial charge is 0.268 e. The highest BCUT2D eigenvalue weighted by molar-refractivity contribution is 7.18. The summed E-state index contributed by atoms with van der Waals surface area (Å²) < 4.78 is 0. The highest BCUT2D eigenvalue weighted by Crippen LogP contribution is 2.28. The molecule has 4 N–H and O–H groups in total. The maximum atomic E-state index is 12.4. The van der Waals surface area contributed by atoms with E-state index >= 15 is 0 Å². The first kappa shape index (κ1) is 16.2. The van der Waals surface area contributed by atoms with Crippen LogP contribution in [0.5, 0.6) is 0 Å². The van der Waals surface area contributed by atoms with Gasteiger partial charge in [-0.25, -0.2) is 4.98 Å². The quantitative estimate of drug-likeness (QED) is 0.763. The molecule has 0 atom stereocenters. The first-order valence-corrected chi connectivity index (χ1v) is 7.19. The molecule has 0 aliphatic heterocycles. The van der Waals surface area contributed by atoms with Gasteiger partial charge in [-0.15, -0.1) is 0 Å². The Kier molecular flexibility index (Phi) is 5.75. The lowest BCUT2D eigenvalue weighted by molar-refractivity contribution is -0.118. The van der Waals surface area contributed by atoms with E-state index in [9.17, 15) is 9.59 Å². The van der Waals surface area contributed by atoms with Crippen molar-refractivity contribution < 1.29 is 9.59 Å². The molecule has 112 valence electrons. The van der Waals surface area contributed by atoms with E-state index in [1.807, 2.05) is 21.0 Å². The molecule has 20 heavy (non-hydrogen) atoms. The van der Waals surface area contributed by atoms with Gasteiger partial charge in [0.1, 0.15) is 10.7 Å². The van der Waals surface area contributed by atoms with Crippen LogP contribution < -0.4 is 16.4 Å². The lowest BCUT2D eigenvalue weighted by Crippen LogP contribution is -2.39. The summed E-state index contributed by atoms with van der Waals surface area (Å²) in [5.74, 6) is -0.639. The minimum Gasteiger partial charge on any atom is -0.382 e. The molecule has 0 fully saturated rings. The molecule has 1 heterocycles. The fourth-order valence-electron chi connectivity index (χ4n) is 1.60. The summed E-state index contributed by atoms with van der Waals surface area (Å²) in [6.07, 6.45) is 1.72. The highest BCUT2D eigenvalue weighted by Gasteiger charge is 2.23. The van der Waals surface area contributed by atoms with Crippen LogP contribution in [-0.2, 0) is 4.79 Å². The maximum Gasteiger partial charge on any atom is 0.268 e. The molecule has 0 saturated heterocycles. The molecule has 0 aliphatic carbocycles. The number of hydrogen-bond donors (Lipinski definition) is 2. The summed E-state index contributed by atoms with van der Waals surface area (Å²) in [5.41, 5.74) is 11.0. The minimum atomic E-state index is -0.537. The average Bonchev–Trinajstić information content (AvgIpc) is 2.75. The van der Waals surface area contributed by atoms with Crippen molar-refractivity contribution in [1.29, 1.82) is 0 Å². The van der Waals surface area contributed by atoms with Crippen molar-refractivity contribution >= 4 is 34.1 Å². The van der Waals surface area contributed by atoms with E-state index in [0.717, 1.165) is 12.8 Å². The van der Waals surface area contributed by atoms with E-state index in [0.29, 0.717) is 16.6 Å². The number of carbonyl (C=O) groups is 2. The van der Waals surface area contributed by atoms with Gasteiger partial charge in [0.05, 0.1) is 6.54 Å². The Morgan fingerprint density at radius 2 is 2.00 bits per heavy atom. The molecule has 2 amide bonds. The summed E-state index contributed by atoms with van der Waals surface area (Å²) in [5, 5.41) is 0.653. The summed E-state index contributed by atoms with van der Waals surface area (Å²) in [7, 11) is 3.65. The summed E-state index contributed by atoms with van der Waals surface area (Å²) in [6.45, 7) is 2.39. The number of unbranched alkanes of at least 4 members (excludes halogenated alkanes) is 1. The van der Waals surface area contributed by atoms with Gasteiger partial charge in [0, 0.05) is 20.6 Å². The van der Waals surface area contributed by atoms with Crippen LogP contribution in [0.25, 0.3) is 0 Å². The van der Waals surface area contributed by atoms with Gasteiger partial charge in [-0.2, -0.15) is 0 Å². The SMILES string of the molecule is CCCCN(CC(N)=O)C(=O)c1sc(N(C)C)nc1N. The van der Waals surface area contributed by atoms with E-state index in [1.165, 1.54) is 16.2 Å². The molecule has 0 bridgehead atoms. The van der Waals surface area contributed by atoms with Gasteiger partial charge in [0.25, 0.3) is 5.91 Å². The van der Waals surface area contributed by atoms with Crippen LogP contribution >= 0.6 is 11.3 Å². The first-order chi connectivity index (χ1) is 9.36. The van der Waals surface area contributed by atoms with Crippen LogP contribution in [0.4, 0.5) is 10.9 Å². The molecule has 1 aromatic rings. The van der Waals surface area contributed by atoms with Crippen molar-refractivity contribution in [2.45, 2.75) is 19.8 Å². The zero-order chi connectivity index (χ0) is 15.3. The number of nitrogens with two attached hydrogens (primary N) is 2. The monoisotopic (exact) mass is 299 g/mol. The predicted octanol–water partition coefficient (Wildman–Crippen LogP) is 0.519. The van der Waals surface area contributed by atoms with Crippen LogP contribution in [0.2, 0.25) is 0 Å². The number of nitrogens with zero attached hydrogens (tertiary/aromatic N) is 3. The van der Waals surface area contributed by atoms with E-state index in [1.54, 1.807) is 4.90 Å². The van der Waals surface area contributed by atoms with E-state index in [-0.39, 0.29) is 18.3 Å². The third-order valence-corrected chi connectivity index (χ3v) is 3.86. The second-order valence-electron chi connectivity index (χ2n) is 4.65. The van der Waals surface area contributed by atoms with Crippen molar-refractivity contribution in [3.63, 3.8) is 0 Å². The Morgan fingerprint density at radius 3 is 2.45 bits per heavy atom. The number of nitrogen functional groups attached to an aromatic ring is 1. The molecule has 8 heteroatoms. The van der Waals surface area contributed by atoms with Gasteiger partial charge >= 0.3 is 0 Å². The largest absolute Gasteiger partial charge is 0.382 e. The predicted molar refractivity (Wildman–Crippen MR) is 80.9 cm³/mol. The van der Waals surface area contributed by atoms with Crippen LogP contribution in [0.1, 0.15) is 29.4 Å². The molecule has 1 rings (SSSR count). The molecule has 0 aromatic carbocycles. The number of carbonyl (C=O) groups excluding carboxylic acids is 2. The number of aromatic nitrogens is 1. The number of hydrogen-bond acceptors (Lipinski definition) is 6. The minimum absolute atomic E-state index is 0.104. The van der Waals surface area contributed by atoms with Crippen LogP contribution in [-0.4, -0.2) is 48.9 Å². The highest BCUT2D eigenvalue weighted by atomic mass is 32.1. The van der Waals surface area contributed by atoms with Crippen molar-refractivity contribution in [3.8, 4) is 0 Å². The Balaban J connectivity index is 2.95. The van der Waals surface area contributed by atoms with Crippen molar-refractivity contribution in [2.24, 2.45) is 5.73 Å². The maximum absolute atomic E-state index is 12.4. The molecule has 0 aliphatic rings. The van der Waals surface area contributed by atoms with Gasteiger partial charge in [-0.05, 0) is 6.42 Å². The van der Waals surface area contributed by atoms with Crippen LogP contribution in [0.3, 0.4) is 0 Å². The molecule has 0 radical (unpaired) electrons. The summed E-state index contributed by atoms with van der Waals surface area (Å²) in [6, 6.07) is 0. The fraction of sp³-hybridized carbons (Fsp3) is 0.583. The lowest BCUT2D eigenvalue weighted by atomic mass is 10.3. The molecule has 1 aromatic heterocycles. The zero-order valence-electron chi connectivity index (χ0n) is 12.0. The second-order valence-corrected chi connectivity index (χ2v) is 5.63. The fourth-order valence-corrected chi connectivity index (χ4v) is 2.47. The summed E-state index contributed by atoms with van der Waals surface area (Å²) >= 11 is 1.21. The third kappa shape index (κ3) is 4.09. The second kappa shape index (κ2) is 7.09. The third-order valence-electron chi connectivity index (χ3n) is 2.63. The van der Waals surface area contributed by atoms with Gasteiger partial charge in [-0.1, -0.05) is 24.7 Å². The normalized spacial score (nSPS) is 10.3. The number of rotatable bonds is 7. The number of primary amides is 1. The lowest BCUT2D eigenvalue weighted by Gasteiger charge is -2.20. The average molecular weight is 299 g/mol. The molecular weight excluding hydrogens is 278 g/mol. The van der Waals surface area contributed by atoms with Crippen LogP contribution in [0.15, 0.2) is 0 Å². The molecule has 0 spiro atoms. The Morgan fingerprint density at radius 1 is 1.35 bits per heavy atom.